The Labute approximate surface area is 89.4 Å². The third kappa shape index (κ3) is 1.63. The molecule has 0 atom stereocenters. The number of hydrogen-bond donors (Lipinski definition) is 1. The van der Waals surface area contributed by atoms with Crippen molar-refractivity contribution in [2.45, 2.75) is 13.8 Å². The molecule has 0 aliphatic heterocycles. The molecule has 0 radical (unpaired) electrons. The number of carbonyl (C=O) groups is 1. The predicted octanol–water partition coefficient (Wildman–Crippen LogP) is 2.11. The summed E-state index contributed by atoms with van der Waals surface area (Å²) in [6.45, 7) is 3.43. The van der Waals surface area contributed by atoms with Gasteiger partial charge in [-0.25, -0.2) is 14.8 Å². The third-order valence-corrected chi connectivity index (χ3v) is 2.85. The van der Waals surface area contributed by atoms with Crippen LogP contribution in [-0.4, -0.2) is 21.0 Å². The third-order valence-electron chi connectivity index (χ3n) is 1.93. The molecule has 1 N–H and O–H groups in total. The highest BCUT2D eigenvalue weighted by molar-refractivity contribution is 7.13. The zero-order valence-corrected chi connectivity index (χ0v) is 8.96. The van der Waals surface area contributed by atoms with E-state index in [-0.39, 0.29) is 5.76 Å². The molecule has 0 aliphatic rings. The van der Waals surface area contributed by atoms with Crippen molar-refractivity contribution in [3.63, 3.8) is 0 Å². The quantitative estimate of drug-likeness (QED) is 0.845. The highest BCUT2D eigenvalue weighted by atomic mass is 32.1. The Bertz CT molecular complexity index is 515. The summed E-state index contributed by atoms with van der Waals surface area (Å²) in [4.78, 5) is 19.6. The van der Waals surface area contributed by atoms with Crippen LogP contribution >= 0.6 is 11.3 Å². The second kappa shape index (κ2) is 3.47. The fraction of sp³-hybridized carbons (Fsp3) is 0.222. The van der Waals surface area contributed by atoms with E-state index in [4.69, 9.17) is 9.52 Å². The number of aromatic carboxylic acids is 1. The van der Waals surface area contributed by atoms with Crippen molar-refractivity contribution in [3.05, 3.63) is 22.7 Å². The number of carboxylic acid groups (broad SMARTS) is 1. The number of aryl methyl sites for hydroxylation is 2. The Hall–Kier alpha value is -1.69. The van der Waals surface area contributed by atoms with Crippen molar-refractivity contribution in [2.75, 3.05) is 0 Å². The van der Waals surface area contributed by atoms with E-state index in [2.05, 4.69) is 9.97 Å². The molecule has 2 aromatic heterocycles. The van der Waals surface area contributed by atoms with Gasteiger partial charge >= 0.3 is 5.97 Å². The lowest BCUT2D eigenvalue weighted by Crippen LogP contribution is -1.95. The normalized spacial score (nSPS) is 10.5. The van der Waals surface area contributed by atoms with E-state index in [0.717, 1.165) is 10.6 Å². The van der Waals surface area contributed by atoms with E-state index in [0.29, 0.717) is 11.6 Å². The van der Waals surface area contributed by atoms with Crippen LogP contribution in [0, 0.1) is 13.8 Å². The van der Waals surface area contributed by atoms with Crippen LogP contribution in [0.4, 0.5) is 0 Å². The first-order valence-electron chi connectivity index (χ1n) is 4.20. The standard InChI is InChI=1S/C9H8N2O3S/c1-4-6(9(12)13)14-8(11-4)7-5(2)10-3-15-7/h3H,1-2H3,(H,12,13). The van der Waals surface area contributed by atoms with Gasteiger partial charge in [-0.3, -0.25) is 0 Å². The Morgan fingerprint density at radius 2 is 2.20 bits per heavy atom. The number of thiazole rings is 1. The van der Waals surface area contributed by atoms with E-state index in [9.17, 15) is 4.79 Å². The molecule has 0 fully saturated rings. The van der Waals surface area contributed by atoms with E-state index in [1.807, 2.05) is 6.92 Å². The Morgan fingerprint density at radius 3 is 2.67 bits per heavy atom. The maximum atomic E-state index is 10.7. The first-order chi connectivity index (χ1) is 7.09. The van der Waals surface area contributed by atoms with E-state index >= 15 is 0 Å². The van der Waals surface area contributed by atoms with Crippen molar-refractivity contribution in [3.8, 4) is 10.8 Å². The van der Waals surface area contributed by atoms with Crippen molar-refractivity contribution >= 4 is 17.3 Å². The molecule has 0 saturated heterocycles. The second-order valence-electron chi connectivity index (χ2n) is 3.01. The summed E-state index contributed by atoms with van der Waals surface area (Å²) >= 11 is 1.38. The molecule has 0 bridgehead atoms. The lowest BCUT2D eigenvalue weighted by molar-refractivity contribution is 0.0662. The summed E-state index contributed by atoms with van der Waals surface area (Å²) in [6.07, 6.45) is 0. The monoisotopic (exact) mass is 224 g/mol. The minimum absolute atomic E-state index is 0.113. The molecule has 0 spiro atoms. The summed E-state index contributed by atoms with van der Waals surface area (Å²) in [5.41, 5.74) is 2.84. The van der Waals surface area contributed by atoms with Gasteiger partial charge in [-0.15, -0.1) is 11.3 Å². The molecule has 2 heterocycles. The molecule has 6 heteroatoms. The summed E-state index contributed by atoms with van der Waals surface area (Å²) in [5.74, 6) is -0.892. The van der Waals surface area contributed by atoms with Crippen LogP contribution in [0.2, 0.25) is 0 Å². The number of oxazole rings is 1. The van der Waals surface area contributed by atoms with Crippen molar-refractivity contribution < 1.29 is 14.3 Å². The van der Waals surface area contributed by atoms with Crippen LogP contribution in [0.1, 0.15) is 21.9 Å². The number of carboxylic acids is 1. The summed E-state index contributed by atoms with van der Waals surface area (Å²) in [6, 6.07) is 0. The van der Waals surface area contributed by atoms with Crippen LogP contribution in [0.5, 0.6) is 0 Å². The molecule has 2 aromatic rings. The van der Waals surface area contributed by atoms with Crippen LogP contribution in [0.3, 0.4) is 0 Å². The van der Waals surface area contributed by atoms with Gasteiger partial charge in [0.05, 0.1) is 16.9 Å². The van der Waals surface area contributed by atoms with Crippen LogP contribution in [-0.2, 0) is 0 Å². The molecule has 15 heavy (non-hydrogen) atoms. The SMILES string of the molecule is Cc1nc(-c2scnc2C)oc1C(=O)O. The molecule has 5 nitrogen and oxygen atoms in total. The van der Waals surface area contributed by atoms with Gasteiger partial charge in [0.15, 0.2) is 0 Å². The summed E-state index contributed by atoms with van der Waals surface area (Å²) in [7, 11) is 0. The van der Waals surface area contributed by atoms with Gasteiger partial charge in [-0.2, -0.15) is 0 Å². The minimum atomic E-state index is -1.10. The largest absolute Gasteiger partial charge is 0.475 e. The summed E-state index contributed by atoms with van der Waals surface area (Å²) < 4.78 is 5.16. The van der Waals surface area contributed by atoms with Gasteiger partial charge in [0.2, 0.25) is 11.7 Å². The van der Waals surface area contributed by atoms with E-state index < -0.39 is 5.97 Å². The van der Waals surface area contributed by atoms with Gasteiger partial charge in [0.25, 0.3) is 0 Å². The van der Waals surface area contributed by atoms with E-state index in [1.54, 1.807) is 12.4 Å². The van der Waals surface area contributed by atoms with Crippen molar-refractivity contribution in [1.29, 1.82) is 0 Å². The average molecular weight is 224 g/mol. The number of aromatic nitrogens is 2. The molecule has 0 aromatic carbocycles. The van der Waals surface area contributed by atoms with Crippen LogP contribution < -0.4 is 0 Å². The highest BCUT2D eigenvalue weighted by Gasteiger charge is 2.19. The smallest absolute Gasteiger partial charge is 0.373 e. The highest BCUT2D eigenvalue weighted by Crippen LogP contribution is 2.27. The molecular formula is C9H8N2O3S. The molecule has 0 unspecified atom stereocenters. The van der Waals surface area contributed by atoms with Gasteiger partial charge < -0.3 is 9.52 Å². The van der Waals surface area contributed by atoms with Crippen molar-refractivity contribution in [1.82, 2.24) is 9.97 Å². The van der Waals surface area contributed by atoms with E-state index in [1.165, 1.54) is 11.3 Å². The Balaban J connectivity index is 2.52. The minimum Gasteiger partial charge on any atom is -0.475 e. The van der Waals surface area contributed by atoms with Gasteiger partial charge in [0.1, 0.15) is 4.88 Å². The van der Waals surface area contributed by atoms with Gasteiger partial charge in [0, 0.05) is 0 Å². The lowest BCUT2D eigenvalue weighted by atomic mass is 10.4. The maximum absolute atomic E-state index is 10.7. The topological polar surface area (TPSA) is 76.2 Å². The first kappa shape index (κ1) is 9.85. The fourth-order valence-corrected chi connectivity index (χ4v) is 1.93. The van der Waals surface area contributed by atoms with Gasteiger partial charge in [-0.1, -0.05) is 0 Å². The average Bonchev–Trinajstić information content (AvgIpc) is 2.71. The maximum Gasteiger partial charge on any atom is 0.373 e. The van der Waals surface area contributed by atoms with Gasteiger partial charge in [-0.05, 0) is 13.8 Å². The fourth-order valence-electron chi connectivity index (χ4n) is 1.20. The molecule has 0 saturated carbocycles. The molecule has 78 valence electrons. The molecule has 0 aliphatic carbocycles. The number of nitrogens with zero attached hydrogens (tertiary/aromatic N) is 2. The number of rotatable bonds is 2. The zero-order valence-electron chi connectivity index (χ0n) is 8.14. The zero-order chi connectivity index (χ0) is 11.0. The Kier molecular flexibility index (Phi) is 2.28. The predicted molar refractivity (Wildman–Crippen MR) is 54.0 cm³/mol. The molecule has 0 amide bonds. The molecule has 2 rings (SSSR count). The first-order valence-corrected chi connectivity index (χ1v) is 5.08. The second-order valence-corrected chi connectivity index (χ2v) is 3.86. The number of hydrogen-bond acceptors (Lipinski definition) is 5. The van der Waals surface area contributed by atoms with Crippen LogP contribution in [0.25, 0.3) is 10.8 Å². The molecular weight excluding hydrogens is 216 g/mol. The van der Waals surface area contributed by atoms with Crippen LogP contribution in [0.15, 0.2) is 9.93 Å². The Morgan fingerprint density at radius 1 is 1.47 bits per heavy atom. The lowest BCUT2D eigenvalue weighted by Gasteiger charge is -1.89. The summed E-state index contributed by atoms with van der Waals surface area (Å²) in [5, 5.41) is 8.80. The van der Waals surface area contributed by atoms with Crippen molar-refractivity contribution in [2.24, 2.45) is 0 Å².